The lowest BCUT2D eigenvalue weighted by molar-refractivity contribution is -0.145. The molecule has 138 valence electrons. The molecule has 0 aliphatic carbocycles. The number of rotatable bonds is 6. The van der Waals surface area contributed by atoms with Gasteiger partial charge >= 0.3 is 5.97 Å². The summed E-state index contributed by atoms with van der Waals surface area (Å²) in [5, 5.41) is 3.35. The Labute approximate surface area is 150 Å². The third-order valence-electron chi connectivity index (χ3n) is 4.58. The van der Waals surface area contributed by atoms with Gasteiger partial charge in [0.05, 0.1) is 19.6 Å². The number of ether oxygens (including phenoxy) is 2. The maximum absolute atomic E-state index is 11.8. The highest BCUT2D eigenvalue weighted by Gasteiger charge is 2.36. The van der Waals surface area contributed by atoms with E-state index in [1.54, 1.807) is 7.05 Å². The molecular formula is C19H29N3O3. The molecule has 0 bridgehead atoms. The molecule has 1 heterocycles. The molecule has 0 amide bonds. The number of nitrogens with zero attached hydrogens (tertiary/aromatic N) is 2. The molecule has 25 heavy (non-hydrogen) atoms. The minimum atomic E-state index is -0.142. The second-order valence-electron chi connectivity index (χ2n) is 6.45. The Morgan fingerprint density at radius 1 is 1.36 bits per heavy atom. The summed E-state index contributed by atoms with van der Waals surface area (Å²) in [7, 11) is 3.21. The van der Waals surface area contributed by atoms with Gasteiger partial charge in [-0.05, 0) is 30.9 Å². The smallest absolute Gasteiger partial charge is 0.310 e. The SMILES string of the molecule is CN=C(NCCCOc1ccccc1C)N1CC(C)C(C(=O)OC)C1. The first-order chi connectivity index (χ1) is 12.1. The highest BCUT2D eigenvalue weighted by molar-refractivity contribution is 5.82. The fourth-order valence-electron chi connectivity index (χ4n) is 3.10. The molecule has 1 aliphatic rings. The molecule has 6 heteroatoms. The van der Waals surface area contributed by atoms with E-state index in [2.05, 4.69) is 22.1 Å². The summed E-state index contributed by atoms with van der Waals surface area (Å²) in [6.45, 7) is 6.99. The molecule has 1 aliphatic heterocycles. The minimum absolute atomic E-state index is 0.0899. The molecule has 2 rings (SSSR count). The zero-order chi connectivity index (χ0) is 18.2. The van der Waals surface area contributed by atoms with Crippen LogP contribution in [0.2, 0.25) is 0 Å². The van der Waals surface area contributed by atoms with Crippen LogP contribution in [0.15, 0.2) is 29.3 Å². The van der Waals surface area contributed by atoms with Crippen molar-refractivity contribution in [2.24, 2.45) is 16.8 Å². The van der Waals surface area contributed by atoms with E-state index in [0.29, 0.717) is 13.2 Å². The van der Waals surface area contributed by atoms with Crippen LogP contribution in [-0.4, -0.2) is 57.2 Å². The highest BCUT2D eigenvalue weighted by Crippen LogP contribution is 2.24. The number of aliphatic imine (C=N–C) groups is 1. The van der Waals surface area contributed by atoms with E-state index in [4.69, 9.17) is 9.47 Å². The first kappa shape index (κ1) is 19.1. The number of nitrogens with one attached hydrogen (secondary N) is 1. The molecule has 1 saturated heterocycles. The van der Waals surface area contributed by atoms with Gasteiger partial charge in [0.1, 0.15) is 5.75 Å². The number of likely N-dealkylation sites (tertiary alicyclic amines) is 1. The van der Waals surface area contributed by atoms with Crippen LogP contribution < -0.4 is 10.1 Å². The molecule has 2 atom stereocenters. The summed E-state index contributed by atoms with van der Waals surface area (Å²) in [6, 6.07) is 8.02. The molecule has 1 aromatic carbocycles. The predicted molar refractivity (Wildman–Crippen MR) is 98.9 cm³/mol. The molecule has 1 N–H and O–H groups in total. The maximum atomic E-state index is 11.8. The number of carbonyl (C=O) groups excluding carboxylic acids is 1. The van der Waals surface area contributed by atoms with Gasteiger partial charge in [-0.3, -0.25) is 9.79 Å². The van der Waals surface area contributed by atoms with Crippen LogP contribution in [0.3, 0.4) is 0 Å². The summed E-state index contributed by atoms with van der Waals surface area (Å²) in [5.41, 5.74) is 1.14. The first-order valence-electron chi connectivity index (χ1n) is 8.78. The minimum Gasteiger partial charge on any atom is -0.493 e. The molecule has 1 aromatic rings. The largest absolute Gasteiger partial charge is 0.493 e. The molecule has 0 saturated carbocycles. The van der Waals surface area contributed by atoms with Gasteiger partial charge in [0.25, 0.3) is 0 Å². The lowest BCUT2D eigenvalue weighted by Gasteiger charge is -2.21. The highest BCUT2D eigenvalue weighted by atomic mass is 16.5. The Balaban J connectivity index is 1.74. The molecule has 0 radical (unpaired) electrons. The molecule has 0 aromatic heterocycles. The standard InChI is InChI=1S/C19H29N3O3/c1-14-8-5-6-9-17(14)25-11-7-10-21-19(20-3)22-12-15(2)16(13-22)18(23)24-4/h5-6,8-9,15-16H,7,10-13H2,1-4H3,(H,20,21). The van der Waals surface area contributed by atoms with Gasteiger partial charge < -0.3 is 19.7 Å². The lowest BCUT2D eigenvalue weighted by Crippen LogP contribution is -2.41. The molecule has 0 spiro atoms. The van der Waals surface area contributed by atoms with E-state index in [0.717, 1.165) is 36.8 Å². The van der Waals surface area contributed by atoms with Crippen molar-refractivity contribution in [3.63, 3.8) is 0 Å². The lowest BCUT2D eigenvalue weighted by atomic mass is 9.99. The Kier molecular flexibility index (Phi) is 7.10. The summed E-state index contributed by atoms with van der Waals surface area (Å²) < 4.78 is 10.7. The van der Waals surface area contributed by atoms with Gasteiger partial charge in [-0.2, -0.15) is 0 Å². The van der Waals surface area contributed by atoms with Crippen molar-refractivity contribution in [2.75, 3.05) is 40.4 Å². The van der Waals surface area contributed by atoms with E-state index in [1.165, 1.54) is 7.11 Å². The van der Waals surface area contributed by atoms with Gasteiger partial charge in [-0.1, -0.05) is 25.1 Å². The second-order valence-corrected chi connectivity index (χ2v) is 6.45. The summed E-state index contributed by atoms with van der Waals surface area (Å²) in [4.78, 5) is 18.3. The van der Waals surface area contributed by atoms with Gasteiger partial charge in [-0.25, -0.2) is 0 Å². The fraction of sp³-hybridized carbons (Fsp3) is 0.579. The molecular weight excluding hydrogens is 318 g/mol. The number of hydrogen-bond acceptors (Lipinski definition) is 4. The zero-order valence-electron chi connectivity index (χ0n) is 15.6. The second kappa shape index (κ2) is 9.30. The van der Waals surface area contributed by atoms with Crippen molar-refractivity contribution in [3.05, 3.63) is 29.8 Å². The van der Waals surface area contributed by atoms with Crippen LogP contribution in [0.4, 0.5) is 0 Å². The number of aryl methyl sites for hydroxylation is 1. The Bertz CT molecular complexity index is 603. The average Bonchev–Trinajstić information content (AvgIpc) is 3.00. The molecule has 2 unspecified atom stereocenters. The van der Waals surface area contributed by atoms with Gasteiger partial charge in [-0.15, -0.1) is 0 Å². The van der Waals surface area contributed by atoms with Crippen molar-refractivity contribution in [1.29, 1.82) is 0 Å². The Hall–Kier alpha value is -2.24. The number of methoxy groups -OCH3 is 1. The van der Waals surface area contributed by atoms with Gasteiger partial charge in [0, 0.05) is 26.7 Å². The summed E-state index contributed by atoms with van der Waals surface area (Å²) in [6.07, 6.45) is 0.872. The maximum Gasteiger partial charge on any atom is 0.310 e. The normalized spacial score (nSPS) is 20.5. The summed E-state index contributed by atoms with van der Waals surface area (Å²) in [5.74, 6) is 1.79. The van der Waals surface area contributed by atoms with E-state index >= 15 is 0 Å². The first-order valence-corrected chi connectivity index (χ1v) is 8.78. The summed E-state index contributed by atoms with van der Waals surface area (Å²) >= 11 is 0. The van der Waals surface area contributed by atoms with Crippen LogP contribution >= 0.6 is 0 Å². The average molecular weight is 347 g/mol. The van der Waals surface area contributed by atoms with Crippen molar-refractivity contribution < 1.29 is 14.3 Å². The van der Waals surface area contributed by atoms with Crippen molar-refractivity contribution >= 4 is 11.9 Å². The Morgan fingerprint density at radius 2 is 2.12 bits per heavy atom. The topological polar surface area (TPSA) is 63.2 Å². The molecule has 6 nitrogen and oxygen atoms in total. The number of guanidine groups is 1. The van der Waals surface area contributed by atoms with Gasteiger partial charge in [0.2, 0.25) is 0 Å². The number of benzene rings is 1. The number of carbonyl (C=O) groups is 1. The third kappa shape index (κ3) is 5.11. The van der Waals surface area contributed by atoms with Crippen molar-refractivity contribution in [3.8, 4) is 5.75 Å². The van der Waals surface area contributed by atoms with E-state index in [1.807, 2.05) is 31.2 Å². The van der Waals surface area contributed by atoms with Crippen molar-refractivity contribution in [1.82, 2.24) is 10.2 Å². The zero-order valence-corrected chi connectivity index (χ0v) is 15.6. The van der Waals surface area contributed by atoms with Gasteiger partial charge in [0.15, 0.2) is 5.96 Å². The Morgan fingerprint density at radius 3 is 2.80 bits per heavy atom. The van der Waals surface area contributed by atoms with E-state index in [9.17, 15) is 4.79 Å². The van der Waals surface area contributed by atoms with E-state index < -0.39 is 0 Å². The van der Waals surface area contributed by atoms with Crippen LogP contribution in [0.5, 0.6) is 5.75 Å². The quantitative estimate of drug-likeness (QED) is 0.369. The third-order valence-corrected chi connectivity index (χ3v) is 4.58. The number of hydrogen-bond donors (Lipinski definition) is 1. The van der Waals surface area contributed by atoms with Crippen molar-refractivity contribution in [2.45, 2.75) is 20.3 Å². The number of esters is 1. The number of para-hydroxylation sites is 1. The predicted octanol–water partition coefficient (Wildman–Crippen LogP) is 2.08. The van der Waals surface area contributed by atoms with Crippen LogP contribution in [-0.2, 0) is 9.53 Å². The van der Waals surface area contributed by atoms with Crippen LogP contribution in [0.1, 0.15) is 18.9 Å². The monoisotopic (exact) mass is 347 g/mol. The fourth-order valence-corrected chi connectivity index (χ4v) is 3.10. The van der Waals surface area contributed by atoms with Crippen LogP contribution in [0, 0.1) is 18.8 Å². The van der Waals surface area contributed by atoms with Crippen LogP contribution in [0.25, 0.3) is 0 Å². The molecule has 1 fully saturated rings. The van der Waals surface area contributed by atoms with E-state index in [-0.39, 0.29) is 17.8 Å².